The lowest BCUT2D eigenvalue weighted by molar-refractivity contribution is 0.102. The summed E-state index contributed by atoms with van der Waals surface area (Å²) in [5, 5.41) is 18.4. The highest BCUT2D eigenvalue weighted by Crippen LogP contribution is 2.28. The normalized spacial score (nSPS) is 9.40. The summed E-state index contributed by atoms with van der Waals surface area (Å²) in [6.07, 6.45) is 0. The number of halogens is 1. The highest BCUT2D eigenvalue weighted by Gasteiger charge is 2.16. The SMILES string of the molecule is COc1cc(O)c(C(=O)CBr)c(C#N)c1. The van der Waals surface area contributed by atoms with Gasteiger partial charge in [0, 0.05) is 6.07 Å². The van der Waals surface area contributed by atoms with Crippen molar-refractivity contribution in [2.75, 3.05) is 12.4 Å². The van der Waals surface area contributed by atoms with E-state index in [1.54, 1.807) is 0 Å². The molecule has 0 saturated heterocycles. The Bertz CT molecular complexity index is 437. The molecule has 0 bridgehead atoms. The number of Topliss-reactive ketones (excluding diaryl/α,β-unsaturated/α-hetero) is 1. The van der Waals surface area contributed by atoms with Crippen LogP contribution in [-0.2, 0) is 0 Å². The van der Waals surface area contributed by atoms with Crippen LogP contribution in [0.4, 0.5) is 0 Å². The molecule has 1 aromatic carbocycles. The summed E-state index contributed by atoms with van der Waals surface area (Å²) in [5.41, 5.74) is 0.131. The van der Waals surface area contributed by atoms with E-state index in [0.717, 1.165) is 0 Å². The quantitative estimate of drug-likeness (QED) is 0.672. The van der Waals surface area contributed by atoms with Crippen LogP contribution in [0, 0.1) is 11.3 Å². The van der Waals surface area contributed by atoms with Crippen LogP contribution in [0.1, 0.15) is 15.9 Å². The maximum atomic E-state index is 11.4. The van der Waals surface area contributed by atoms with Gasteiger partial charge in [-0.1, -0.05) is 15.9 Å². The fourth-order valence-corrected chi connectivity index (χ4v) is 1.45. The zero-order valence-corrected chi connectivity index (χ0v) is 9.54. The Kier molecular flexibility index (Phi) is 3.69. The van der Waals surface area contributed by atoms with Crippen molar-refractivity contribution in [3.8, 4) is 17.6 Å². The minimum Gasteiger partial charge on any atom is -0.507 e. The van der Waals surface area contributed by atoms with Crippen molar-refractivity contribution in [2.24, 2.45) is 0 Å². The second kappa shape index (κ2) is 4.80. The molecular weight excluding hydrogens is 262 g/mol. The number of hydrogen-bond acceptors (Lipinski definition) is 4. The van der Waals surface area contributed by atoms with Crippen LogP contribution in [0.15, 0.2) is 12.1 Å². The van der Waals surface area contributed by atoms with Crippen molar-refractivity contribution >= 4 is 21.7 Å². The lowest BCUT2D eigenvalue weighted by Crippen LogP contribution is -2.04. The molecule has 15 heavy (non-hydrogen) atoms. The van der Waals surface area contributed by atoms with E-state index in [1.165, 1.54) is 19.2 Å². The van der Waals surface area contributed by atoms with Crippen LogP contribution in [0.5, 0.6) is 11.5 Å². The van der Waals surface area contributed by atoms with Gasteiger partial charge in [0.25, 0.3) is 0 Å². The number of carbonyl (C=O) groups is 1. The number of nitriles is 1. The first-order chi connectivity index (χ1) is 7.13. The number of benzene rings is 1. The second-order valence-electron chi connectivity index (χ2n) is 2.74. The molecule has 0 radical (unpaired) electrons. The number of ketones is 1. The molecule has 0 aliphatic heterocycles. The number of hydrogen-bond donors (Lipinski definition) is 1. The van der Waals surface area contributed by atoms with Gasteiger partial charge in [-0.3, -0.25) is 4.79 Å². The van der Waals surface area contributed by atoms with Gasteiger partial charge in [-0.05, 0) is 6.07 Å². The van der Waals surface area contributed by atoms with Gasteiger partial charge in [-0.2, -0.15) is 5.26 Å². The Morgan fingerprint density at radius 1 is 1.67 bits per heavy atom. The molecule has 0 amide bonds. The van der Waals surface area contributed by atoms with E-state index < -0.39 is 0 Å². The lowest BCUT2D eigenvalue weighted by atomic mass is 10.0. The largest absolute Gasteiger partial charge is 0.507 e. The third-order valence-corrected chi connectivity index (χ3v) is 2.36. The van der Waals surface area contributed by atoms with Gasteiger partial charge in [0.05, 0.1) is 23.6 Å². The Balaban J connectivity index is 3.39. The van der Waals surface area contributed by atoms with Crippen LogP contribution in [0.25, 0.3) is 0 Å². The van der Waals surface area contributed by atoms with Gasteiger partial charge in [0.2, 0.25) is 0 Å². The number of rotatable bonds is 3. The summed E-state index contributed by atoms with van der Waals surface area (Å²) in [4.78, 5) is 11.4. The Morgan fingerprint density at radius 2 is 2.33 bits per heavy atom. The molecule has 4 nitrogen and oxygen atoms in total. The second-order valence-corrected chi connectivity index (χ2v) is 3.30. The van der Waals surface area contributed by atoms with E-state index in [0.29, 0.717) is 5.75 Å². The van der Waals surface area contributed by atoms with Crippen molar-refractivity contribution in [1.82, 2.24) is 0 Å². The van der Waals surface area contributed by atoms with Crippen LogP contribution in [0.2, 0.25) is 0 Å². The van der Waals surface area contributed by atoms with Crippen LogP contribution in [0.3, 0.4) is 0 Å². The van der Waals surface area contributed by atoms with Crippen molar-refractivity contribution in [3.05, 3.63) is 23.3 Å². The first-order valence-corrected chi connectivity index (χ1v) is 5.16. The van der Waals surface area contributed by atoms with E-state index in [4.69, 9.17) is 10.00 Å². The summed E-state index contributed by atoms with van der Waals surface area (Å²) in [7, 11) is 1.42. The summed E-state index contributed by atoms with van der Waals surface area (Å²) in [6.45, 7) is 0. The third-order valence-electron chi connectivity index (χ3n) is 1.85. The van der Waals surface area contributed by atoms with E-state index in [2.05, 4.69) is 15.9 Å². The molecular formula is C10H8BrNO3. The van der Waals surface area contributed by atoms with Crippen molar-refractivity contribution in [2.45, 2.75) is 0 Å². The topological polar surface area (TPSA) is 70.3 Å². The van der Waals surface area contributed by atoms with Gasteiger partial charge < -0.3 is 9.84 Å². The molecule has 0 fully saturated rings. The number of nitrogens with zero attached hydrogens (tertiary/aromatic N) is 1. The fourth-order valence-electron chi connectivity index (χ4n) is 1.17. The van der Waals surface area contributed by atoms with Gasteiger partial charge >= 0.3 is 0 Å². The fraction of sp³-hybridized carbons (Fsp3) is 0.200. The Morgan fingerprint density at radius 3 is 2.80 bits per heavy atom. The predicted molar refractivity (Wildman–Crippen MR) is 57.5 cm³/mol. The maximum Gasteiger partial charge on any atom is 0.178 e. The molecule has 0 saturated carbocycles. The van der Waals surface area contributed by atoms with Crippen LogP contribution >= 0.6 is 15.9 Å². The zero-order chi connectivity index (χ0) is 11.4. The number of phenols is 1. The highest BCUT2D eigenvalue weighted by atomic mass is 79.9. The molecule has 1 aromatic rings. The molecule has 0 aliphatic rings. The Labute approximate surface area is 95.2 Å². The lowest BCUT2D eigenvalue weighted by Gasteiger charge is -2.06. The van der Waals surface area contributed by atoms with Gasteiger partial charge in [0.1, 0.15) is 17.6 Å². The molecule has 0 aliphatic carbocycles. The van der Waals surface area contributed by atoms with E-state index in [1.807, 2.05) is 6.07 Å². The standard InChI is InChI=1S/C10H8BrNO3/c1-15-7-2-6(5-12)10(8(13)3-7)9(14)4-11/h2-3,13H,4H2,1H3. The summed E-state index contributed by atoms with van der Waals surface area (Å²) in [5.74, 6) is -0.239. The molecule has 0 heterocycles. The number of carbonyl (C=O) groups excluding carboxylic acids is 1. The monoisotopic (exact) mass is 269 g/mol. The predicted octanol–water partition coefficient (Wildman–Crippen LogP) is 1.85. The van der Waals surface area contributed by atoms with E-state index in [-0.39, 0.29) is 28.0 Å². The van der Waals surface area contributed by atoms with Crippen molar-refractivity contribution in [1.29, 1.82) is 5.26 Å². The smallest absolute Gasteiger partial charge is 0.178 e. The molecule has 0 unspecified atom stereocenters. The molecule has 1 N–H and O–H groups in total. The first-order valence-electron chi connectivity index (χ1n) is 4.04. The Hall–Kier alpha value is -1.54. The van der Waals surface area contributed by atoms with Gasteiger partial charge in [0.15, 0.2) is 5.78 Å². The molecule has 0 atom stereocenters. The van der Waals surface area contributed by atoms with Gasteiger partial charge in [-0.25, -0.2) is 0 Å². The van der Waals surface area contributed by atoms with Gasteiger partial charge in [-0.15, -0.1) is 0 Å². The summed E-state index contributed by atoms with van der Waals surface area (Å²) in [6, 6.07) is 4.56. The number of aromatic hydroxyl groups is 1. The minimum absolute atomic E-state index is 0.0233. The number of phenolic OH excluding ortho intramolecular Hbond substituents is 1. The summed E-state index contributed by atoms with van der Waals surface area (Å²) < 4.78 is 4.87. The number of ether oxygens (including phenoxy) is 1. The average Bonchev–Trinajstić information content (AvgIpc) is 2.26. The van der Waals surface area contributed by atoms with Crippen molar-refractivity contribution < 1.29 is 14.6 Å². The number of alkyl halides is 1. The number of methoxy groups -OCH3 is 1. The molecule has 1 rings (SSSR count). The third kappa shape index (κ3) is 2.28. The molecule has 0 aromatic heterocycles. The molecule has 78 valence electrons. The highest BCUT2D eigenvalue weighted by molar-refractivity contribution is 9.09. The van der Waals surface area contributed by atoms with Crippen LogP contribution in [-0.4, -0.2) is 23.3 Å². The molecule has 0 spiro atoms. The summed E-state index contributed by atoms with van der Waals surface area (Å²) >= 11 is 2.98. The average molecular weight is 270 g/mol. The van der Waals surface area contributed by atoms with Crippen LogP contribution < -0.4 is 4.74 Å². The zero-order valence-electron chi connectivity index (χ0n) is 7.95. The van der Waals surface area contributed by atoms with Crippen molar-refractivity contribution in [3.63, 3.8) is 0 Å². The van der Waals surface area contributed by atoms with E-state index in [9.17, 15) is 9.90 Å². The first kappa shape index (κ1) is 11.5. The molecule has 5 heteroatoms. The maximum absolute atomic E-state index is 11.4. The minimum atomic E-state index is -0.341. The van der Waals surface area contributed by atoms with E-state index >= 15 is 0 Å².